The molecule has 0 amide bonds. The summed E-state index contributed by atoms with van der Waals surface area (Å²) in [6.07, 6.45) is 4.88. The molecule has 16 heavy (non-hydrogen) atoms. The van der Waals surface area contributed by atoms with Crippen molar-refractivity contribution in [1.82, 2.24) is 4.90 Å². The summed E-state index contributed by atoms with van der Waals surface area (Å²) in [7, 11) is 0. The molecule has 1 aliphatic heterocycles. The van der Waals surface area contributed by atoms with E-state index >= 15 is 0 Å². The summed E-state index contributed by atoms with van der Waals surface area (Å²) in [6.45, 7) is 15.0. The zero-order valence-corrected chi connectivity index (χ0v) is 12.1. The van der Waals surface area contributed by atoms with Crippen molar-refractivity contribution in [3.05, 3.63) is 0 Å². The van der Waals surface area contributed by atoms with Crippen LogP contribution in [0.4, 0.5) is 0 Å². The van der Waals surface area contributed by atoms with Gasteiger partial charge in [0.25, 0.3) is 0 Å². The van der Waals surface area contributed by atoms with E-state index < -0.39 is 0 Å². The largest absolute Gasteiger partial charge is 0.396 e. The molecule has 1 heterocycles. The van der Waals surface area contributed by atoms with Crippen LogP contribution >= 0.6 is 0 Å². The van der Waals surface area contributed by atoms with Gasteiger partial charge in [-0.25, -0.2) is 0 Å². The zero-order chi connectivity index (χ0) is 12.8. The molecule has 1 fully saturated rings. The van der Waals surface area contributed by atoms with Crippen molar-refractivity contribution < 1.29 is 5.11 Å². The van der Waals surface area contributed by atoms with Crippen molar-refractivity contribution in [2.75, 3.05) is 26.2 Å². The van der Waals surface area contributed by atoms with Crippen molar-refractivity contribution in [3.8, 4) is 0 Å². The fourth-order valence-electron chi connectivity index (χ4n) is 1.64. The average molecular weight is 231 g/mol. The first-order valence-electron chi connectivity index (χ1n) is 7.03. The minimum absolute atomic E-state index is 0.344. The number of rotatable bonds is 4. The third-order valence-electron chi connectivity index (χ3n) is 2.33. The maximum Gasteiger partial charge on any atom is 0.0430 e. The van der Waals surface area contributed by atoms with Crippen LogP contribution in [0.2, 0.25) is 0 Å². The Balaban J connectivity index is 0. The molecule has 0 unspecified atom stereocenters. The van der Waals surface area contributed by atoms with Crippen molar-refractivity contribution in [1.29, 1.82) is 0 Å². The maximum atomic E-state index is 8.07. The molecule has 2 heteroatoms. The Hall–Kier alpha value is -0.0800. The van der Waals surface area contributed by atoms with Gasteiger partial charge in [0.1, 0.15) is 0 Å². The van der Waals surface area contributed by atoms with Gasteiger partial charge in [0, 0.05) is 13.2 Å². The summed E-state index contributed by atoms with van der Waals surface area (Å²) < 4.78 is 0. The lowest BCUT2D eigenvalue weighted by Gasteiger charge is -2.16. The molecule has 2 nitrogen and oxygen atoms in total. The number of nitrogens with zero attached hydrogens (tertiary/aromatic N) is 1. The highest BCUT2D eigenvalue weighted by Crippen LogP contribution is 2.09. The number of aliphatic hydroxyl groups excluding tert-OH is 1. The summed E-state index contributed by atoms with van der Waals surface area (Å²) >= 11 is 0. The van der Waals surface area contributed by atoms with Gasteiger partial charge >= 0.3 is 0 Å². The van der Waals surface area contributed by atoms with Crippen molar-refractivity contribution in [2.45, 2.75) is 60.3 Å². The van der Waals surface area contributed by atoms with Crippen molar-refractivity contribution in [3.63, 3.8) is 0 Å². The number of likely N-dealkylation sites (tertiary alicyclic amines) is 1. The average Bonchev–Trinajstić information content (AvgIpc) is 2.75. The van der Waals surface area contributed by atoms with Gasteiger partial charge in [-0.05, 0) is 38.3 Å². The van der Waals surface area contributed by atoms with Crippen molar-refractivity contribution >= 4 is 0 Å². The maximum absolute atomic E-state index is 8.07. The van der Waals surface area contributed by atoms with Gasteiger partial charge < -0.3 is 10.0 Å². The molecule has 100 valence electrons. The Labute approximate surface area is 103 Å². The monoisotopic (exact) mass is 231 g/mol. The van der Waals surface area contributed by atoms with E-state index in [1.807, 2.05) is 13.8 Å². The third kappa shape index (κ3) is 13.9. The van der Waals surface area contributed by atoms with E-state index in [4.69, 9.17) is 5.11 Å². The number of hydrogen-bond acceptors (Lipinski definition) is 2. The lowest BCUT2D eigenvalue weighted by atomic mass is 10.2. The first-order valence-corrected chi connectivity index (χ1v) is 7.03. The van der Waals surface area contributed by atoms with Crippen LogP contribution < -0.4 is 0 Å². The van der Waals surface area contributed by atoms with Gasteiger partial charge in [-0.2, -0.15) is 0 Å². The second-order valence-electron chi connectivity index (χ2n) is 4.48. The standard InChI is InChI=1S/C8H17N.C4H10O.C2H6/c1-8(2)7-9-5-3-4-6-9;1-2-3-4-5;1-2/h8H,3-7H2,1-2H3;5H,2-4H2,1H3;1-2H3. The molecule has 1 aliphatic rings. The van der Waals surface area contributed by atoms with Crippen LogP contribution in [0.1, 0.15) is 60.3 Å². The summed E-state index contributed by atoms with van der Waals surface area (Å²) in [5.74, 6) is 0.850. The van der Waals surface area contributed by atoms with E-state index in [1.54, 1.807) is 0 Å². The molecule has 1 N–H and O–H groups in total. The summed E-state index contributed by atoms with van der Waals surface area (Å²) in [4.78, 5) is 2.56. The topological polar surface area (TPSA) is 23.5 Å². The Bertz CT molecular complexity index is 107. The predicted octanol–water partition coefficient (Wildman–Crippen LogP) is 3.54. The minimum Gasteiger partial charge on any atom is -0.396 e. The molecule has 0 radical (unpaired) electrons. The van der Waals surface area contributed by atoms with Gasteiger partial charge in [0.2, 0.25) is 0 Å². The van der Waals surface area contributed by atoms with Crippen LogP contribution in [-0.4, -0.2) is 36.2 Å². The predicted molar refractivity (Wildman–Crippen MR) is 73.9 cm³/mol. The Morgan fingerprint density at radius 1 is 1.12 bits per heavy atom. The van der Waals surface area contributed by atoms with E-state index in [9.17, 15) is 0 Å². The minimum atomic E-state index is 0.344. The second kappa shape index (κ2) is 14.9. The van der Waals surface area contributed by atoms with Gasteiger partial charge in [-0.3, -0.25) is 0 Å². The molecule has 0 aromatic rings. The van der Waals surface area contributed by atoms with Crippen LogP contribution in [0, 0.1) is 5.92 Å². The quantitative estimate of drug-likeness (QED) is 0.800. The first-order chi connectivity index (χ1) is 7.70. The fraction of sp³-hybridized carbons (Fsp3) is 1.00. The van der Waals surface area contributed by atoms with Gasteiger partial charge in [0.05, 0.1) is 0 Å². The Morgan fingerprint density at radius 2 is 1.62 bits per heavy atom. The van der Waals surface area contributed by atoms with Gasteiger partial charge in [-0.1, -0.05) is 41.0 Å². The highest BCUT2D eigenvalue weighted by atomic mass is 16.2. The van der Waals surface area contributed by atoms with Crippen LogP contribution in [-0.2, 0) is 0 Å². The van der Waals surface area contributed by atoms with Crippen LogP contribution in [0.5, 0.6) is 0 Å². The summed E-state index contributed by atoms with van der Waals surface area (Å²) in [6, 6.07) is 0. The Morgan fingerprint density at radius 3 is 1.88 bits per heavy atom. The molecule has 0 bridgehead atoms. The lowest BCUT2D eigenvalue weighted by Crippen LogP contribution is -2.23. The molecule has 0 saturated carbocycles. The van der Waals surface area contributed by atoms with E-state index in [1.165, 1.54) is 32.5 Å². The zero-order valence-electron chi connectivity index (χ0n) is 12.1. The molecule has 0 spiro atoms. The van der Waals surface area contributed by atoms with Crippen LogP contribution in [0.15, 0.2) is 0 Å². The second-order valence-corrected chi connectivity index (χ2v) is 4.48. The molecule has 1 saturated heterocycles. The number of hydrogen-bond donors (Lipinski definition) is 1. The molecule has 1 rings (SSSR count). The molecular weight excluding hydrogens is 198 g/mol. The number of unbranched alkanes of at least 4 members (excludes halogenated alkanes) is 1. The van der Waals surface area contributed by atoms with Gasteiger partial charge in [0.15, 0.2) is 0 Å². The normalized spacial score (nSPS) is 15.2. The van der Waals surface area contributed by atoms with E-state index in [2.05, 4.69) is 25.7 Å². The molecule has 0 aromatic heterocycles. The highest BCUT2D eigenvalue weighted by Gasteiger charge is 2.11. The number of aliphatic hydroxyl groups is 1. The van der Waals surface area contributed by atoms with E-state index in [0.29, 0.717) is 6.61 Å². The highest BCUT2D eigenvalue weighted by molar-refractivity contribution is 4.66. The molecular formula is C14H33NO. The van der Waals surface area contributed by atoms with E-state index in [-0.39, 0.29) is 0 Å². The molecule has 0 atom stereocenters. The van der Waals surface area contributed by atoms with Crippen LogP contribution in [0.25, 0.3) is 0 Å². The summed E-state index contributed by atoms with van der Waals surface area (Å²) in [5.41, 5.74) is 0. The Kier molecular flexibility index (Phi) is 17.1. The summed E-state index contributed by atoms with van der Waals surface area (Å²) in [5, 5.41) is 8.07. The smallest absolute Gasteiger partial charge is 0.0430 e. The van der Waals surface area contributed by atoms with E-state index in [0.717, 1.165) is 18.8 Å². The SMILES string of the molecule is CC.CC(C)CN1CCCC1.CCCCO. The first kappa shape index (κ1) is 18.3. The van der Waals surface area contributed by atoms with Crippen molar-refractivity contribution in [2.24, 2.45) is 5.92 Å². The van der Waals surface area contributed by atoms with Crippen LogP contribution in [0.3, 0.4) is 0 Å². The lowest BCUT2D eigenvalue weighted by molar-refractivity contribution is 0.287. The molecule has 0 aromatic carbocycles. The third-order valence-corrected chi connectivity index (χ3v) is 2.33. The fourth-order valence-corrected chi connectivity index (χ4v) is 1.64. The molecule has 0 aliphatic carbocycles. The van der Waals surface area contributed by atoms with Gasteiger partial charge in [-0.15, -0.1) is 0 Å².